The van der Waals surface area contributed by atoms with E-state index in [1.807, 2.05) is 6.07 Å². The highest BCUT2D eigenvalue weighted by molar-refractivity contribution is 6.31. The van der Waals surface area contributed by atoms with Crippen LogP contribution in [-0.2, 0) is 6.18 Å². The molecule has 2 aromatic heterocycles. The van der Waals surface area contributed by atoms with Crippen LogP contribution < -0.4 is 10.1 Å². The highest BCUT2D eigenvalue weighted by atomic mass is 35.5. The predicted molar refractivity (Wildman–Crippen MR) is 112 cm³/mol. The van der Waals surface area contributed by atoms with E-state index >= 15 is 0 Å². The number of rotatable bonds is 6. The van der Waals surface area contributed by atoms with Gasteiger partial charge in [0, 0.05) is 16.8 Å². The average Bonchev–Trinajstić information content (AvgIpc) is 3.16. The van der Waals surface area contributed by atoms with Crippen molar-refractivity contribution in [3.05, 3.63) is 64.1 Å². The molecule has 0 spiro atoms. The molecule has 8 nitrogen and oxygen atoms in total. The van der Waals surface area contributed by atoms with Gasteiger partial charge in [-0.15, -0.1) is 5.10 Å². The molecule has 0 aliphatic heterocycles. The van der Waals surface area contributed by atoms with E-state index in [4.69, 9.17) is 21.6 Å². The van der Waals surface area contributed by atoms with Gasteiger partial charge in [-0.25, -0.2) is 4.98 Å². The molecule has 0 fully saturated rings. The van der Waals surface area contributed by atoms with Gasteiger partial charge in [0.2, 0.25) is 0 Å². The molecule has 172 valence electrons. The molecule has 2 heterocycles. The highest BCUT2D eigenvalue weighted by Gasteiger charge is 2.32. The molecule has 0 aliphatic rings. The number of alkyl halides is 3. The summed E-state index contributed by atoms with van der Waals surface area (Å²) in [4.78, 5) is 21.2. The van der Waals surface area contributed by atoms with Crippen molar-refractivity contribution in [2.45, 2.75) is 39.1 Å². The molecule has 1 N–H and O–H groups in total. The Bertz CT molecular complexity index is 1200. The molecule has 0 saturated carbocycles. The van der Waals surface area contributed by atoms with Gasteiger partial charge >= 0.3 is 12.2 Å². The molecule has 1 atom stereocenters. The number of hydrogen-bond donors (Lipinski definition) is 1. The van der Waals surface area contributed by atoms with Crippen molar-refractivity contribution < 1.29 is 22.7 Å². The monoisotopic (exact) mass is 478 g/mol. The molecule has 33 heavy (non-hydrogen) atoms. The fourth-order valence-corrected chi connectivity index (χ4v) is 3.06. The molecule has 12 heteroatoms. The zero-order chi connectivity index (χ0) is 24.3. The van der Waals surface area contributed by atoms with Crippen LogP contribution in [0.3, 0.4) is 0 Å². The second-order valence-electron chi connectivity index (χ2n) is 7.27. The van der Waals surface area contributed by atoms with Gasteiger partial charge in [-0.3, -0.25) is 4.79 Å². The number of pyridine rings is 1. The van der Waals surface area contributed by atoms with E-state index in [-0.39, 0.29) is 28.5 Å². The number of carbonyl (C=O) groups excluding carboxylic acids is 1. The number of halogens is 4. The molecule has 0 aliphatic carbocycles. The molecule has 1 amide bonds. The van der Waals surface area contributed by atoms with E-state index in [9.17, 15) is 18.0 Å². The lowest BCUT2D eigenvalue weighted by molar-refractivity contribution is -0.137. The Balaban J connectivity index is 1.93. The molecule has 3 aromatic rings. The van der Waals surface area contributed by atoms with Gasteiger partial charge in [-0.1, -0.05) is 11.6 Å². The standard InChI is InChI=1S/C21H18ClF3N6O2/c1-11(2)33-20-29-18(31(30-20)17-5-4-13(9-26)10-27-17)12(3)28-19(32)14-6-15(21(23,24)25)8-16(22)7-14/h4-8,10-12H,1-3H3,(H,28,32)/t12-/m0/s1. The van der Waals surface area contributed by atoms with E-state index in [0.717, 1.165) is 12.1 Å². The third-order valence-corrected chi connectivity index (χ3v) is 4.49. The van der Waals surface area contributed by atoms with E-state index in [1.165, 1.54) is 23.0 Å². The van der Waals surface area contributed by atoms with Crippen molar-refractivity contribution in [3.63, 3.8) is 0 Å². The smallest absolute Gasteiger partial charge is 0.416 e. The highest BCUT2D eigenvalue weighted by Crippen LogP contribution is 2.32. The maximum Gasteiger partial charge on any atom is 0.416 e. The van der Waals surface area contributed by atoms with Gasteiger partial charge in [0.1, 0.15) is 6.07 Å². The Morgan fingerprint density at radius 2 is 1.97 bits per heavy atom. The summed E-state index contributed by atoms with van der Waals surface area (Å²) in [6.07, 6.45) is -3.55. The van der Waals surface area contributed by atoms with Gasteiger partial charge in [0.25, 0.3) is 5.91 Å². The average molecular weight is 479 g/mol. The third kappa shape index (κ3) is 5.78. The molecular formula is C21H18ClF3N6O2. The number of nitriles is 1. The molecule has 3 rings (SSSR count). The van der Waals surface area contributed by atoms with Crippen LogP contribution >= 0.6 is 11.6 Å². The summed E-state index contributed by atoms with van der Waals surface area (Å²) < 4.78 is 46.1. The van der Waals surface area contributed by atoms with E-state index in [1.54, 1.807) is 20.8 Å². The Labute approximate surface area is 192 Å². The zero-order valence-electron chi connectivity index (χ0n) is 17.7. The van der Waals surface area contributed by atoms with Crippen molar-refractivity contribution in [3.8, 4) is 17.9 Å². The molecule has 0 unspecified atom stereocenters. The lowest BCUT2D eigenvalue weighted by Crippen LogP contribution is -2.29. The van der Waals surface area contributed by atoms with Crippen LogP contribution in [0.2, 0.25) is 5.02 Å². The molecule has 1 aromatic carbocycles. The van der Waals surface area contributed by atoms with Crippen LogP contribution in [0.25, 0.3) is 5.82 Å². The van der Waals surface area contributed by atoms with Crippen LogP contribution in [0.15, 0.2) is 36.5 Å². The number of benzene rings is 1. The second kappa shape index (κ2) is 9.46. The van der Waals surface area contributed by atoms with Gasteiger partial charge in [0.05, 0.1) is 23.3 Å². The number of nitrogens with zero attached hydrogens (tertiary/aromatic N) is 5. The number of nitrogens with one attached hydrogen (secondary N) is 1. The fourth-order valence-electron chi connectivity index (χ4n) is 2.82. The van der Waals surface area contributed by atoms with Gasteiger partial charge in [0.15, 0.2) is 11.6 Å². The minimum atomic E-state index is -4.66. The molecule has 0 bridgehead atoms. The van der Waals surface area contributed by atoms with Crippen molar-refractivity contribution in [2.24, 2.45) is 0 Å². The van der Waals surface area contributed by atoms with E-state index in [2.05, 4.69) is 20.4 Å². The minimum Gasteiger partial charge on any atom is -0.460 e. The van der Waals surface area contributed by atoms with Crippen LogP contribution in [0.1, 0.15) is 54.1 Å². The Hall–Kier alpha value is -3.65. The first-order chi connectivity index (χ1) is 15.5. The van der Waals surface area contributed by atoms with Crippen LogP contribution in [0.4, 0.5) is 13.2 Å². The molecule has 0 radical (unpaired) electrons. The Kier molecular flexibility index (Phi) is 6.88. The summed E-state index contributed by atoms with van der Waals surface area (Å²) >= 11 is 5.78. The van der Waals surface area contributed by atoms with Gasteiger partial charge in [-0.2, -0.15) is 28.1 Å². The lowest BCUT2D eigenvalue weighted by Gasteiger charge is -2.15. The van der Waals surface area contributed by atoms with Crippen molar-refractivity contribution in [2.75, 3.05) is 0 Å². The maximum absolute atomic E-state index is 13.1. The van der Waals surface area contributed by atoms with Crippen LogP contribution in [-0.4, -0.2) is 31.8 Å². The minimum absolute atomic E-state index is 0.0226. The summed E-state index contributed by atoms with van der Waals surface area (Å²) in [5.74, 6) is -0.267. The summed E-state index contributed by atoms with van der Waals surface area (Å²) in [7, 11) is 0. The first-order valence-corrected chi connectivity index (χ1v) is 10.0. The summed E-state index contributed by atoms with van der Waals surface area (Å²) in [6.45, 7) is 5.14. The quantitative estimate of drug-likeness (QED) is 0.559. The number of hydrogen-bond acceptors (Lipinski definition) is 6. The topological polar surface area (TPSA) is 106 Å². The first kappa shape index (κ1) is 24.0. The van der Waals surface area contributed by atoms with Gasteiger partial charge < -0.3 is 10.1 Å². The van der Waals surface area contributed by atoms with Crippen molar-refractivity contribution >= 4 is 17.5 Å². The summed E-state index contributed by atoms with van der Waals surface area (Å²) in [6, 6.07) is 6.84. The summed E-state index contributed by atoms with van der Waals surface area (Å²) in [5.41, 5.74) is -0.963. The predicted octanol–water partition coefficient (Wildman–Crippen LogP) is 4.48. The fraction of sp³-hybridized carbons (Fsp3) is 0.286. The molecular weight excluding hydrogens is 461 g/mol. The maximum atomic E-state index is 13.1. The second-order valence-corrected chi connectivity index (χ2v) is 7.71. The van der Waals surface area contributed by atoms with Crippen LogP contribution in [0, 0.1) is 11.3 Å². The third-order valence-electron chi connectivity index (χ3n) is 4.27. The largest absolute Gasteiger partial charge is 0.460 e. The number of aromatic nitrogens is 4. The first-order valence-electron chi connectivity index (χ1n) is 9.66. The van der Waals surface area contributed by atoms with E-state index in [0.29, 0.717) is 17.4 Å². The number of carbonyl (C=O) groups is 1. The SMILES string of the molecule is CC(C)Oc1nc([C@H](C)NC(=O)c2cc(Cl)cc(C(F)(F)F)c2)n(-c2ccc(C#N)cn2)n1. The van der Waals surface area contributed by atoms with E-state index < -0.39 is 23.7 Å². The zero-order valence-corrected chi connectivity index (χ0v) is 18.4. The van der Waals surface area contributed by atoms with Gasteiger partial charge in [-0.05, 0) is 51.1 Å². The Morgan fingerprint density at radius 1 is 1.24 bits per heavy atom. The number of ether oxygens (including phenoxy) is 1. The Morgan fingerprint density at radius 3 is 2.55 bits per heavy atom. The normalized spacial score (nSPS) is 12.3. The van der Waals surface area contributed by atoms with Crippen molar-refractivity contribution in [1.29, 1.82) is 5.26 Å². The molecule has 0 saturated heterocycles. The van der Waals surface area contributed by atoms with Crippen LogP contribution in [0.5, 0.6) is 6.01 Å². The number of amides is 1. The summed E-state index contributed by atoms with van der Waals surface area (Å²) in [5, 5.41) is 15.6. The lowest BCUT2D eigenvalue weighted by atomic mass is 10.1. The van der Waals surface area contributed by atoms with Crippen molar-refractivity contribution in [1.82, 2.24) is 25.1 Å².